The highest BCUT2D eigenvalue weighted by Crippen LogP contribution is 2.30. The number of nitrogens with zero attached hydrogens (tertiary/aromatic N) is 2. The number of aromatic nitrogens is 2. The number of thiophene rings is 1. The van der Waals surface area contributed by atoms with E-state index in [2.05, 4.69) is 10.2 Å². The lowest BCUT2D eigenvalue weighted by atomic mass is 10.1. The maximum Gasteiger partial charge on any atom is 0.264 e. The molecule has 112 valence electrons. The minimum absolute atomic E-state index is 0.0594. The predicted molar refractivity (Wildman–Crippen MR) is 85.0 cm³/mol. The van der Waals surface area contributed by atoms with Crippen LogP contribution in [0.5, 0.6) is 0 Å². The highest BCUT2D eigenvalue weighted by Gasteiger charge is 2.31. The molecule has 1 aliphatic heterocycles. The number of morpholine rings is 1. The van der Waals surface area contributed by atoms with Crippen LogP contribution in [0, 0.1) is 0 Å². The van der Waals surface area contributed by atoms with Gasteiger partial charge >= 0.3 is 0 Å². The lowest BCUT2D eigenvalue weighted by molar-refractivity contribution is -0.00364. The summed E-state index contributed by atoms with van der Waals surface area (Å²) in [6.45, 7) is 1.66. The van der Waals surface area contributed by atoms with Crippen molar-refractivity contribution in [1.29, 1.82) is 0 Å². The molecule has 4 rings (SSSR count). The van der Waals surface area contributed by atoms with E-state index in [0.717, 1.165) is 20.7 Å². The zero-order valence-corrected chi connectivity index (χ0v) is 12.7. The lowest BCUT2D eigenvalue weighted by Crippen LogP contribution is -2.43. The van der Waals surface area contributed by atoms with E-state index >= 15 is 0 Å². The van der Waals surface area contributed by atoms with Crippen molar-refractivity contribution in [1.82, 2.24) is 15.1 Å². The van der Waals surface area contributed by atoms with Crippen molar-refractivity contribution >= 4 is 27.3 Å². The molecule has 22 heavy (non-hydrogen) atoms. The van der Waals surface area contributed by atoms with Crippen LogP contribution in [0.4, 0.5) is 0 Å². The second-order valence-electron chi connectivity index (χ2n) is 5.25. The number of H-pyrrole nitrogens is 1. The topological polar surface area (TPSA) is 58.2 Å². The van der Waals surface area contributed by atoms with Crippen molar-refractivity contribution in [2.75, 3.05) is 19.8 Å². The van der Waals surface area contributed by atoms with Gasteiger partial charge in [0.15, 0.2) is 0 Å². The summed E-state index contributed by atoms with van der Waals surface area (Å²) in [5.41, 5.74) is 0.911. The number of aromatic amines is 1. The quantitative estimate of drug-likeness (QED) is 0.791. The summed E-state index contributed by atoms with van der Waals surface area (Å²) >= 11 is 1.54. The summed E-state index contributed by atoms with van der Waals surface area (Å²) in [4.78, 5) is 15.6. The number of amides is 1. The monoisotopic (exact) mass is 313 g/mol. The van der Waals surface area contributed by atoms with Crippen molar-refractivity contribution in [2.24, 2.45) is 0 Å². The number of carbonyl (C=O) groups is 1. The largest absolute Gasteiger partial charge is 0.377 e. The van der Waals surface area contributed by atoms with Crippen LogP contribution < -0.4 is 0 Å². The van der Waals surface area contributed by atoms with Crippen molar-refractivity contribution < 1.29 is 9.53 Å². The van der Waals surface area contributed by atoms with Crippen LogP contribution >= 0.6 is 11.3 Å². The Morgan fingerprint density at radius 1 is 1.36 bits per heavy atom. The minimum Gasteiger partial charge on any atom is -0.377 e. The van der Waals surface area contributed by atoms with Gasteiger partial charge in [0, 0.05) is 17.4 Å². The van der Waals surface area contributed by atoms with Gasteiger partial charge < -0.3 is 9.64 Å². The summed E-state index contributed by atoms with van der Waals surface area (Å²) in [5, 5.41) is 8.05. The average molecular weight is 313 g/mol. The Bertz CT molecular complexity index is 764. The van der Waals surface area contributed by atoms with Crippen molar-refractivity contribution in [3.8, 4) is 0 Å². The Labute approximate surface area is 131 Å². The summed E-state index contributed by atoms with van der Waals surface area (Å²) < 4.78 is 6.68. The fraction of sp³-hybridized carbons (Fsp3) is 0.250. The van der Waals surface area contributed by atoms with E-state index in [0.29, 0.717) is 19.8 Å². The molecule has 0 saturated carbocycles. The first-order chi connectivity index (χ1) is 10.8. The molecule has 1 aromatic carbocycles. The molecule has 0 unspecified atom stereocenters. The Kier molecular flexibility index (Phi) is 3.40. The van der Waals surface area contributed by atoms with Gasteiger partial charge in [0.1, 0.15) is 0 Å². The molecule has 5 nitrogen and oxygen atoms in total. The average Bonchev–Trinajstić information content (AvgIpc) is 3.23. The van der Waals surface area contributed by atoms with E-state index in [4.69, 9.17) is 4.74 Å². The smallest absolute Gasteiger partial charge is 0.264 e. The molecular formula is C16H15N3O2S. The summed E-state index contributed by atoms with van der Waals surface area (Å²) in [5.74, 6) is 0.0594. The van der Waals surface area contributed by atoms with Crippen molar-refractivity contribution in [3.63, 3.8) is 0 Å². The van der Waals surface area contributed by atoms with Crippen molar-refractivity contribution in [2.45, 2.75) is 6.04 Å². The molecule has 0 spiro atoms. The number of fused-ring (bicyclic) bond motifs is 1. The van der Waals surface area contributed by atoms with E-state index in [1.165, 1.54) is 0 Å². The molecule has 3 heterocycles. The van der Waals surface area contributed by atoms with Gasteiger partial charge in [-0.05, 0) is 23.6 Å². The normalized spacial score (nSPS) is 18.7. The van der Waals surface area contributed by atoms with Gasteiger partial charge in [-0.2, -0.15) is 5.10 Å². The number of nitrogens with one attached hydrogen (secondary N) is 1. The van der Waals surface area contributed by atoms with Crippen LogP contribution in [0.25, 0.3) is 10.1 Å². The third-order valence-electron chi connectivity index (χ3n) is 3.91. The van der Waals surface area contributed by atoms with E-state index in [-0.39, 0.29) is 11.9 Å². The van der Waals surface area contributed by atoms with Crippen LogP contribution in [0.3, 0.4) is 0 Å². The molecule has 1 saturated heterocycles. The molecule has 1 atom stereocenters. The van der Waals surface area contributed by atoms with E-state index in [1.54, 1.807) is 17.5 Å². The summed E-state index contributed by atoms with van der Waals surface area (Å²) in [6.07, 6.45) is 1.70. The lowest BCUT2D eigenvalue weighted by Gasteiger charge is -2.34. The van der Waals surface area contributed by atoms with Gasteiger partial charge in [0.05, 0.1) is 29.8 Å². The first kappa shape index (κ1) is 13.5. The van der Waals surface area contributed by atoms with Gasteiger partial charge in [0.2, 0.25) is 0 Å². The van der Waals surface area contributed by atoms with E-state index in [9.17, 15) is 4.79 Å². The SMILES string of the molecule is O=C(c1cc2ccccc2s1)N1CCOC[C@@H]1c1ccn[nH]1. The maximum absolute atomic E-state index is 12.9. The van der Waals surface area contributed by atoms with Gasteiger partial charge in [-0.15, -0.1) is 11.3 Å². The fourth-order valence-corrected chi connectivity index (χ4v) is 3.80. The summed E-state index contributed by atoms with van der Waals surface area (Å²) in [7, 11) is 0. The summed E-state index contributed by atoms with van der Waals surface area (Å²) in [6, 6.07) is 11.8. The van der Waals surface area contributed by atoms with Crippen LogP contribution in [-0.4, -0.2) is 40.8 Å². The number of benzene rings is 1. The predicted octanol–water partition coefficient (Wildman–Crippen LogP) is 2.84. The number of hydrogen-bond donors (Lipinski definition) is 1. The van der Waals surface area contributed by atoms with Gasteiger partial charge in [-0.25, -0.2) is 0 Å². The van der Waals surface area contributed by atoms with Crippen molar-refractivity contribution in [3.05, 3.63) is 53.2 Å². The van der Waals surface area contributed by atoms with Crippen LogP contribution in [0.15, 0.2) is 42.6 Å². The molecule has 6 heteroatoms. The number of carbonyl (C=O) groups excluding carboxylic acids is 1. The molecule has 1 N–H and O–H groups in total. The van der Waals surface area contributed by atoms with E-state index in [1.807, 2.05) is 41.3 Å². The zero-order valence-electron chi connectivity index (χ0n) is 11.9. The number of ether oxygens (including phenoxy) is 1. The third-order valence-corrected chi connectivity index (χ3v) is 5.01. The zero-order chi connectivity index (χ0) is 14.9. The Hall–Kier alpha value is -2.18. The second-order valence-corrected chi connectivity index (χ2v) is 6.33. The molecular weight excluding hydrogens is 298 g/mol. The van der Waals surface area contributed by atoms with Crippen LogP contribution in [-0.2, 0) is 4.74 Å². The Morgan fingerprint density at radius 2 is 2.27 bits per heavy atom. The first-order valence-corrected chi connectivity index (χ1v) is 8.01. The highest BCUT2D eigenvalue weighted by molar-refractivity contribution is 7.20. The molecule has 0 radical (unpaired) electrons. The molecule has 1 fully saturated rings. The van der Waals surface area contributed by atoms with Crippen LogP contribution in [0.1, 0.15) is 21.4 Å². The number of hydrogen-bond acceptors (Lipinski definition) is 4. The molecule has 1 aliphatic rings. The Morgan fingerprint density at radius 3 is 3.09 bits per heavy atom. The highest BCUT2D eigenvalue weighted by atomic mass is 32.1. The molecule has 1 amide bonds. The van der Waals surface area contributed by atoms with Gasteiger partial charge in [-0.3, -0.25) is 9.89 Å². The maximum atomic E-state index is 12.9. The molecule has 0 bridgehead atoms. The van der Waals surface area contributed by atoms with Gasteiger partial charge in [0.25, 0.3) is 5.91 Å². The second kappa shape index (κ2) is 5.55. The van der Waals surface area contributed by atoms with Gasteiger partial charge in [-0.1, -0.05) is 18.2 Å². The minimum atomic E-state index is -0.103. The fourth-order valence-electron chi connectivity index (χ4n) is 2.79. The molecule has 0 aliphatic carbocycles. The third kappa shape index (κ3) is 2.30. The molecule has 3 aromatic rings. The van der Waals surface area contributed by atoms with Crippen LogP contribution in [0.2, 0.25) is 0 Å². The first-order valence-electron chi connectivity index (χ1n) is 7.19. The standard InChI is InChI=1S/C16H15N3O2S/c20-16(15-9-11-3-1-2-4-14(11)22-15)19-7-8-21-10-13(19)12-5-6-17-18-12/h1-6,9,13H,7-8,10H2,(H,17,18)/t13-/m1/s1. The number of rotatable bonds is 2. The molecule has 2 aromatic heterocycles. The Balaban J connectivity index is 1.67. The van der Waals surface area contributed by atoms with E-state index < -0.39 is 0 Å².